The first-order valence-corrected chi connectivity index (χ1v) is 8.55. The molecule has 4 heteroatoms. The summed E-state index contributed by atoms with van der Waals surface area (Å²) in [7, 11) is -1.74. The number of carbonyl (C=O) groups excluding carboxylic acids is 1. The molecule has 0 aromatic heterocycles. The van der Waals surface area contributed by atoms with Crippen LogP contribution in [0.5, 0.6) is 0 Å². The standard InChI is InChI=1S/C11H22NO2Si/c1-11(2,3)15(4,5)10(14)8-12-7-6-9(12)13/h7,10,14H,6,8H2,1-5H3. The molecule has 0 aromatic rings. The third-order valence-electron chi connectivity index (χ3n) is 3.94. The van der Waals surface area contributed by atoms with E-state index in [1.54, 1.807) is 4.90 Å². The molecule has 15 heavy (non-hydrogen) atoms. The summed E-state index contributed by atoms with van der Waals surface area (Å²) in [6.07, 6.45) is 0.532. The lowest BCUT2D eigenvalue weighted by atomic mass is 10.2. The van der Waals surface area contributed by atoms with E-state index in [1.165, 1.54) is 0 Å². The zero-order chi connectivity index (χ0) is 11.9. The fraction of sp³-hybridized carbons (Fsp3) is 0.818. The minimum absolute atomic E-state index is 0.132. The number of β-lactam (4-membered cyclic amide) rings is 1. The van der Waals surface area contributed by atoms with Crippen LogP contribution >= 0.6 is 0 Å². The minimum Gasteiger partial charge on any atom is -0.395 e. The van der Waals surface area contributed by atoms with Crippen molar-refractivity contribution in [1.82, 2.24) is 4.90 Å². The van der Waals surface area contributed by atoms with E-state index in [0.29, 0.717) is 13.0 Å². The number of hydrogen-bond acceptors (Lipinski definition) is 2. The first-order valence-electron chi connectivity index (χ1n) is 5.47. The Morgan fingerprint density at radius 2 is 2.07 bits per heavy atom. The minimum atomic E-state index is -1.74. The van der Waals surface area contributed by atoms with Gasteiger partial charge in [0.25, 0.3) is 0 Å². The van der Waals surface area contributed by atoms with Crippen molar-refractivity contribution in [1.29, 1.82) is 0 Å². The molecule has 1 radical (unpaired) electrons. The van der Waals surface area contributed by atoms with Crippen LogP contribution in [0.1, 0.15) is 27.2 Å². The molecule has 1 atom stereocenters. The van der Waals surface area contributed by atoms with Gasteiger partial charge in [-0.15, -0.1) is 0 Å². The molecule has 3 nitrogen and oxygen atoms in total. The molecule has 1 rings (SSSR count). The third kappa shape index (κ3) is 2.42. The molecule has 1 aliphatic rings. The van der Waals surface area contributed by atoms with Crippen molar-refractivity contribution in [2.45, 2.75) is 51.1 Å². The number of carbonyl (C=O) groups is 1. The van der Waals surface area contributed by atoms with Crippen LogP contribution in [0.2, 0.25) is 18.1 Å². The second-order valence-corrected chi connectivity index (χ2v) is 11.5. The lowest BCUT2D eigenvalue weighted by Crippen LogP contribution is -2.56. The van der Waals surface area contributed by atoms with Crippen LogP contribution in [0.4, 0.5) is 0 Å². The van der Waals surface area contributed by atoms with E-state index in [-0.39, 0.29) is 16.7 Å². The van der Waals surface area contributed by atoms with Crippen LogP contribution in [0, 0.1) is 6.54 Å². The van der Waals surface area contributed by atoms with Crippen molar-refractivity contribution < 1.29 is 9.90 Å². The lowest BCUT2D eigenvalue weighted by molar-refractivity contribution is -0.136. The van der Waals surface area contributed by atoms with Gasteiger partial charge in [0.2, 0.25) is 5.91 Å². The fourth-order valence-corrected chi connectivity index (χ4v) is 3.04. The van der Waals surface area contributed by atoms with Crippen LogP contribution in [0.3, 0.4) is 0 Å². The van der Waals surface area contributed by atoms with Crippen molar-refractivity contribution in [3.63, 3.8) is 0 Å². The van der Waals surface area contributed by atoms with Gasteiger partial charge >= 0.3 is 0 Å². The molecule has 1 saturated heterocycles. The molecular weight excluding hydrogens is 206 g/mol. The highest BCUT2D eigenvalue weighted by molar-refractivity contribution is 6.81. The Balaban J connectivity index is 2.59. The van der Waals surface area contributed by atoms with E-state index in [2.05, 4.69) is 33.9 Å². The monoisotopic (exact) mass is 228 g/mol. The topological polar surface area (TPSA) is 40.5 Å². The molecule has 1 fully saturated rings. The van der Waals surface area contributed by atoms with Crippen LogP contribution < -0.4 is 0 Å². The van der Waals surface area contributed by atoms with Gasteiger partial charge in [-0.2, -0.15) is 0 Å². The van der Waals surface area contributed by atoms with Crippen LogP contribution in [-0.4, -0.2) is 36.3 Å². The van der Waals surface area contributed by atoms with E-state index in [4.69, 9.17) is 0 Å². The van der Waals surface area contributed by atoms with Gasteiger partial charge in [-0.1, -0.05) is 33.9 Å². The summed E-state index contributed by atoms with van der Waals surface area (Å²) >= 11 is 0. The summed E-state index contributed by atoms with van der Waals surface area (Å²) in [5.41, 5.74) is -0.349. The molecular formula is C11H22NO2Si. The maximum absolute atomic E-state index is 11.1. The van der Waals surface area contributed by atoms with E-state index >= 15 is 0 Å². The Bertz CT molecular complexity index is 258. The predicted octanol–water partition coefficient (Wildman–Crippen LogP) is 1.79. The van der Waals surface area contributed by atoms with Crippen molar-refractivity contribution in [3.8, 4) is 0 Å². The SMILES string of the molecule is CC(C)(C)[Si](C)(C)C(O)CN1[CH]CC1=O. The zero-order valence-electron chi connectivity index (χ0n) is 10.4. The average molecular weight is 228 g/mol. The smallest absolute Gasteiger partial charge is 0.225 e. The van der Waals surface area contributed by atoms with Gasteiger partial charge in [0.05, 0.1) is 20.3 Å². The molecule has 1 amide bonds. The van der Waals surface area contributed by atoms with Crippen LogP contribution in [0.25, 0.3) is 0 Å². The number of aliphatic hydroxyl groups excluding tert-OH is 1. The number of rotatable bonds is 3. The molecule has 0 bridgehead atoms. The van der Waals surface area contributed by atoms with E-state index in [0.717, 1.165) is 0 Å². The molecule has 0 aromatic carbocycles. The molecule has 0 spiro atoms. The Kier molecular flexibility index (Phi) is 3.31. The van der Waals surface area contributed by atoms with Gasteiger partial charge in [-0.05, 0) is 5.04 Å². The van der Waals surface area contributed by atoms with Crippen molar-refractivity contribution >= 4 is 14.0 Å². The van der Waals surface area contributed by atoms with E-state index < -0.39 is 8.07 Å². The zero-order valence-corrected chi connectivity index (χ0v) is 11.4. The highest BCUT2D eigenvalue weighted by Gasteiger charge is 2.43. The van der Waals surface area contributed by atoms with Crippen molar-refractivity contribution in [2.24, 2.45) is 0 Å². The maximum atomic E-state index is 11.1. The van der Waals surface area contributed by atoms with Crippen molar-refractivity contribution in [2.75, 3.05) is 6.54 Å². The third-order valence-corrected chi connectivity index (χ3v) is 9.66. The van der Waals surface area contributed by atoms with Crippen LogP contribution in [-0.2, 0) is 4.79 Å². The van der Waals surface area contributed by atoms with Gasteiger partial charge < -0.3 is 10.0 Å². The van der Waals surface area contributed by atoms with Gasteiger partial charge in [0.15, 0.2) is 0 Å². The summed E-state index contributed by atoms with van der Waals surface area (Å²) in [5.74, 6) is 0.132. The quantitative estimate of drug-likeness (QED) is 0.591. The normalized spacial score (nSPS) is 20.1. The molecule has 1 unspecified atom stereocenters. The first-order chi connectivity index (χ1) is 6.66. The Hall–Kier alpha value is -0.353. The molecule has 87 valence electrons. The number of likely N-dealkylation sites (tertiary alicyclic amines) is 1. The molecule has 0 saturated carbocycles. The van der Waals surface area contributed by atoms with Gasteiger partial charge in [-0.25, -0.2) is 0 Å². The summed E-state index contributed by atoms with van der Waals surface area (Å²) in [6.45, 7) is 13.2. The van der Waals surface area contributed by atoms with E-state index in [1.807, 2.05) is 6.54 Å². The Labute approximate surface area is 93.5 Å². The summed E-state index contributed by atoms with van der Waals surface area (Å²) < 4.78 is 0. The summed E-state index contributed by atoms with van der Waals surface area (Å²) in [4.78, 5) is 12.8. The molecule has 1 aliphatic heterocycles. The van der Waals surface area contributed by atoms with Crippen molar-refractivity contribution in [3.05, 3.63) is 6.54 Å². The largest absolute Gasteiger partial charge is 0.395 e. The van der Waals surface area contributed by atoms with E-state index in [9.17, 15) is 9.90 Å². The Morgan fingerprint density at radius 3 is 2.33 bits per heavy atom. The first kappa shape index (κ1) is 12.7. The number of aliphatic hydroxyl groups is 1. The summed E-state index contributed by atoms with van der Waals surface area (Å²) in [6, 6.07) is 0. The number of nitrogens with zero attached hydrogens (tertiary/aromatic N) is 1. The number of amides is 1. The summed E-state index contributed by atoms with van der Waals surface area (Å²) in [5, 5.41) is 10.4. The molecule has 0 aliphatic carbocycles. The fourth-order valence-electron chi connectivity index (χ4n) is 1.39. The predicted molar refractivity (Wildman–Crippen MR) is 63.8 cm³/mol. The highest BCUT2D eigenvalue weighted by Crippen LogP contribution is 2.38. The second-order valence-electron chi connectivity index (χ2n) is 5.92. The molecule has 1 N–H and O–H groups in total. The average Bonchev–Trinajstić information content (AvgIpc) is 2.09. The second kappa shape index (κ2) is 3.90. The molecule has 1 heterocycles. The van der Waals surface area contributed by atoms with Gasteiger partial charge in [-0.3, -0.25) is 4.79 Å². The number of β-amino-alcohol motifs (C(OH)–C–C–N with tert-alkyl or cyclic N) is 1. The maximum Gasteiger partial charge on any atom is 0.225 e. The van der Waals surface area contributed by atoms with Gasteiger partial charge in [0, 0.05) is 13.0 Å². The van der Waals surface area contributed by atoms with Crippen LogP contribution in [0.15, 0.2) is 0 Å². The Morgan fingerprint density at radius 1 is 1.53 bits per heavy atom. The highest BCUT2D eigenvalue weighted by atomic mass is 28.3. The lowest BCUT2D eigenvalue weighted by Gasteiger charge is -2.43. The van der Waals surface area contributed by atoms with Gasteiger partial charge in [0.1, 0.15) is 0 Å². The number of hydrogen-bond donors (Lipinski definition) is 1.